The number of nitrogens with one attached hydrogen (secondary N) is 5. The van der Waals surface area contributed by atoms with Crippen molar-refractivity contribution in [3.63, 3.8) is 0 Å². The van der Waals surface area contributed by atoms with Crippen LogP contribution in [0.4, 0.5) is 0 Å². The molecule has 0 aliphatic rings. The monoisotopic (exact) mass is 476 g/mol. The van der Waals surface area contributed by atoms with Gasteiger partial charge in [0.15, 0.2) is 0 Å². The van der Waals surface area contributed by atoms with E-state index in [1.807, 2.05) is 13.8 Å². The summed E-state index contributed by atoms with van der Waals surface area (Å²) < 4.78 is 0. The van der Waals surface area contributed by atoms with Crippen molar-refractivity contribution in [2.24, 2.45) is 11.7 Å². The number of aromatic nitrogens is 4. The summed E-state index contributed by atoms with van der Waals surface area (Å²) in [6, 6.07) is -4.07. The number of hydrogen-bond donors (Lipinski definition) is 7. The second-order valence-electron chi connectivity index (χ2n) is 8.49. The molecule has 2 aromatic rings. The van der Waals surface area contributed by atoms with Crippen LogP contribution >= 0.6 is 0 Å². The fourth-order valence-corrected chi connectivity index (χ4v) is 3.20. The minimum absolute atomic E-state index is 0.00198. The average Bonchev–Trinajstić information content (AvgIpc) is 3.46. The van der Waals surface area contributed by atoms with E-state index >= 15 is 0 Å². The third-order valence-electron chi connectivity index (χ3n) is 5.02. The van der Waals surface area contributed by atoms with Crippen molar-refractivity contribution in [1.82, 2.24) is 35.9 Å². The lowest BCUT2D eigenvalue weighted by atomic mass is 10.0. The number of carbonyl (C=O) groups excluding carboxylic acids is 3. The molecular weight excluding hydrogens is 444 g/mol. The number of rotatable bonds is 13. The first-order chi connectivity index (χ1) is 16.1. The van der Waals surface area contributed by atoms with Crippen LogP contribution in [0, 0.1) is 5.92 Å². The van der Waals surface area contributed by atoms with Crippen molar-refractivity contribution in [3.8, 4) is 0 Å². The Morgan fingerprint density at radius 1 is 0.882 bits per heavy atom. The van der Waals surface area contributed by atoms with Gasteiger partial charge in [-0.25, -0.2) is 14.8 Å². The molecule has 2 heterocycles. The highest BCUT2D eigenvalue weighted by Gasteiger charge is 2.29. The first-order valence-corrected chi connectivity index (χ1v) is 10.9. The largest absolute Gasteiger partial charge is 0.480 e. The Morgan fingerprint density at radius 2 is 1.44 bits per heavy atom. The molecule has 0 saturated heterocycles. The molecule has 0 spiro atoms. The van der Waals surface area contributed by atoms with E-state index in [2.05, 4.69) is 35.9 Å². The van der Waals surface area contributed by atoms with E-state index in [4.69, 9.17) is 5.73 Å². The molecule has 8 N–H and O–H groups in total. The van der Waals surface area contributed by atoms with Crippen molar-refractivity contribution in [2.45, 2.75) is 64.2 Å². The van der Waals surface area contributed by atoms with E-state index in [0.29, 0.717) is 17.8 Å². The lowest BCUT2D eigenvalue weighted by Gasteiger charge is -2.24. The number of H-pyrrole nitrogens is 2. The fraction of sp³-hybridized carbons (Fsp3) is 0.524. The lowest BCUT2D eigenvalue weighted by molar-refractivity contribution is -0.142. The molecule has 13 nitrogen and oxygen atoms in total. The van der Waals surface area contributed by atoms with Crippen LogP contribution in [0.15, 0.2) is 25.0 Å². The molecule has 0 aliphatic heterocycles. The third-order valence-corrected chi connectivity index (χ3v) is 5.02. The van der Waals surface area contributed by atoms with Gasteiger partial charge in [-0.1, -0.05) is 13.8 Å². The molecule has 0 aliphatic carbocycles. The zero-order valence-electron chi connectivity index (χ0n) is 19.4. The van der Waals surface area contributed by atoms with Crippen LogP contribution in [0.5, 0.6) is 0 Å². The second kappa shape index (κ2) is 12.5. The van der Waals surface area contributed by atoms with E-state index in [0.717, 1.165) is 0 Å². The first-order valence-electron chi connectivity index (χ1n) is 10.9. The molecule has 4 unspecified atom stereocenters. The Kier molecular flexibility index (Phi) is 9.74. The Hall–Kier alpha value is -3.74. The second-order valence-corrected chi connectivity index (χ2v) is 8.49. The molecule has 0 saturated carbocycles. The normalized spacial score (nSPS) is 14.6. The Balaban J connectivity index is 1.96. The van der Waals surface area contributed by atoms with Crippen LogP contribution in [0.1, 0.15) is 38.6 Å². The van der Waals surface area contributed by atoms with Crippen molar-refractivity contribution in [3.05, 3.63) is 36.4 Å². The van der Waals surface area contributed by atoms with E-state index in [1.54, 1.807) is 6.20 Å². The number of imidazole rings is 2. The molecular formula is C21H32N8O5. The third kappa shape index (κ3) is 8.31. The van der Waals surface area contributed by atoms with Crippen LogP contribution in [0.2, 0.25) is 0 Å². The lowest BCUT2D eigenvalue weighted by Crippen LogP contribution is -2.57. The zero-order chi connectivity index (χ0) is 25.3. The molecule has 13 heteroatoms. The van der Waals surface area contributed by atoms with Crippen LogP contribution in [-0.4, -0.2) is 72.9 Å². The smallest absolute Gasteiger partial charge is 0.326 e. The summed E-state index contributed by atoms with van der Waals surface area (Å²) in [5, 5.41) is 17.0. The summed E-state index contributed by atoms with van der Waals surface area (Å²) in [5.74, 6) is -2.92. The summed E-state index contributed by atoms with van der Waals surface area (Å²) >= 11 is 0. The van der Waals surface area contributed by atoms with Crippen molar-refractivity contribution in [1.29, 1.82) is 0 Å². The van der Waals surface area contributed by atoms with Gasteiger partial charge in [0.1, 0.15) is 18.1 Å². The molecule has 2 rings (SSSR count). The summed E-state index contributed by atoms with van der Waals surface area (Å²) in [4.78, 5) is 62.8. The predicted molar refractivity (Wildman–Crippen MR) is 121 cm³/mol. The maximum absolute atomic E-state index is 12.9. The highest BCUT2D eigenvalue weighted by Crippen LogP contribution is 2.07. The van der Waals surface area contributed by atoms with Gasteiger partial charge in [0.05, 0.1) is 18.7 Å². The van der Waals surface area contributed by atoms with Gasteiger partial charge < -0.3 is 36.8 Å². The molecule has 0 fully saturated rings. The van der Waals surface area contributed by atoms with Gasteiger partial charge in [-0.05, 0) is 19.3 Å². The summed E-state index contributed by atoms with van der Waals surface area (Å²) in [7, 11) is 0. The van der Waals surface area contributed by atoms with Gasteiger partial charge in [0.2, 0.25) is 17.7 Å². The van der Waals surface area contributed by atoms with Gasteiger partial charge in [0, 0.05) is 36.6 Å². The van der Waals surface area contributed by atoms with Gasteiger partial charge in [0.25, 0.3) is 0 Å². The first kappa shape index (κ1) is 26.5. The SMILES string of the molecule is CC(C)CC(NC(=O)C(N)Cc1cnc[nH]1)C(=O)NC(C)C(=O)NC(Cc1cnc[nH]1)C(=O)O. The summed E-state index contributed by atoms with van der Waals surface area (Å²) in [5.41, 5.74) is 7.18. The molecule has 4 atom stereocenters. The number of amides is 3. The molecule has 34 heavy (non-hydrogen) atoms. The topological polar surface area (TPSA) is 208 Å². The highest BCUT2D eigenvalue weighted by molar-refractivity contribution is 5.94. The van der Waals surface area contributed by atoms with Crippen molar-refractivity contribution >= 4 is 23.7 Å². The summed E-state index contributed by atoms with van der Waals surface area (Å²) in [6.07, 6.45) is 6.44. The summed E-state index contributed by atoms with van der Waals surface area (Å²) in [6.45, 7) is 5.21. The predicted octanol–water partition coefficient (Wildman–Crippen LogP) is -1.15. The number of hydrogen-bond acceptors (Lipinski definition) is 7. The maximum Gasteiger partial charge on any atom is 0.326 e. The molecule has 2 aromatic heterocycles. The Bertz CT molecular complexity index is 945. The number of aliphatic carboxylic acids is 1. The molecule has 0 radical (unpaired) electrons. The molecule has 3 amide bonds. The van der Waals surface area contributed by atoms with Gasteiger partial charge in [-0.15, -0.1) is 0 Å². The number of carboxylic acids is 1. The Labute approximate surface area is 196 Å². The molecule has 186 valence electrons. The molecule has 0 bridgehead atoms. The minimum atomic E-state index is -1.22. The average molecular weight is 477 g/mol. The van der Waals surface area contributed by atoms with Crippen LogP contribution in [-0.2, 0) is 32.0 Å². The fourth-order valence-electron chi connectivity index (χ4n) is 3.20. The number of carboxylic acid groups (broad SMARTS) is 1. The number of aromatic amines is 2. The number of nitrogens with two attached hydrogens (primary N) is 1. The van der Waals surface area contributed by atoms with Crippen molar-refractivity contribution in [2.75, 3.05) is 0 Å². The van der Waals surface area contributed by atoms with E-state index in [1.165, 1.54) is 25.8 Å². The van der Waals surface area contributed by atoms with Gasteiger partial charge in [-0.2, -0.15) is 0 Å². The van der Waals surface area contributed by atoms with Gasteiger partial charge in [-0.3, -0.25) is 14.4 Å². The van der Waals surface area contributed by atoms with Crippen molar-refractivity contribution < 1.29 is 24.3 Å². The zero-order valence-corrected chi connectivity index (χ0v) is 19.4. The highest BCUT2D eigenvalue weighted by atomic mass is 16.4. The van der Waals surface area contributed by atoms with E-state index in [9.17, 15) is 24.3 Å². The van der Waals surface area contributed by atoms with Crippen LogP contribution in [0.3, 0.4) is 0 Å². The number of nitrogens with zero attached hydrogens (tertiary/aromatic N) is 2. The molecule has 0 aromatic carbocycles. The van der Waals surface area contributed by atoms with Gasteiger partial charge >= 0.3 is 5.97 Å². The maximum atomic E-state index is 12.9. The van der Waals surface area contributed by atoms with Crippen LogP contribution in [0.25, 0.3) is 0 Å². The standard InChI is InChI=1S/C21H32N8O5/c1-11(2)4-16(28-19(31)15(22)5-13-7-23-9-25-13)20(32)27-12(3)18(30)29-17(21(33)34)6-14-8-24-10-26-14/h7-12,15-17H,4-6,22H2,1-3H3,(H,23,25)(H,24,26)(H,27,32)(H,28,31)(H,29,30)(H,33,34). The van der Waals surface area contributed by atoms with E-state index in [-0.39, 0.29) is 18.8 Å². The Morgan fingerprint density at radius 3 is 1.94 bits per heavy atom. The quantitative estimate of drug-likeness (QED) is 0.187. The minimum Gasteiger partial charge on any atom is -0.480 e. The van der Waals surface area contributed by atoms with Crippen LogP contribution < -0.4 is 21.7 Å². The number of carbonyl (C=O) groups is 4. The van der Waals surface area contributed by atoms with E-state index < -0.39 is 47.9 Å².